The lowest BCUT2D eigenvalue weighted by Gasteiger charge is -2.03. The first-order chi connectivity index (χ1) is 5.45. The summed E-state index contributed by atoms with van der Waals surface area (Å²) in [5.41, 5.74) is 1.49. The Kier molecular flexibility index (Phi) is 1.76. The molecule has 0 radical (unpaired) electrons. The van der Waals surface area contributed by atoms with Gasteiger partial charge < -0.3 is 0 Å². The maximum atomic E-state index is 2.31. The van der Waals surface area contributed by atoms with Crippen molar-refractivity contribution in [2.75, 3.05) is 0 Å². The summed E-state index contributed by atoms with van der Waals surface area (Å²) in [6.07, 6.45) is 17.9. The lowest BCUT2D eigenvalue weighted by molar-refractivity contribution is 0.821. The molecule has 2 aliphatic carbocycles. The average Bonchev–Trinajstić information content (AvgIpc) is 2.60. The van der Waals surface area contributed by atoms with Crippen LogP contribution >= 0.6 is 0 Å². The van der Waals surface area contributed by atoms with E-state index in [0.29, 0.717) is 5.92 Å². The average molecular weight is 144 g/mol. The molecule has 0 unspecified atom stereocenters. The van der Waals surface area contributed by atoms with Gasteiger partial charge in [-0.25, -0.2) is 0 Å². The molecular weight excluding hydrogens is 132 g/mol. The van der Waals surface area contributed by atoms with Gasteiger partial charge in [0.25, 0.3) is 0 Å². The molecule has 11 heavy (non-hydrogen) atoms. The van der Waals surface area contributed by atoms with Crippen LogP contribution in [-0.4, -0.2) is 0 Å². The van der Waals surface area contributed by atoms with Gasteiger partial charge in [-0.3, -0.25) is 0 Å². The monoisotopic (exact) mass is 144 g/mol. The van der Waals surface area contributed by atoms with Crippen molar-refractivity contribution in [3.05, 3.63) is 48.1 Å². The van der Waals surface area contributed by atoms with E-state index < -0.39 is 0 Å². The van der Waals surface area contributed by atoms with Crippen molar-refractivity contribution < 1.29 is 0 Å². The van der Waals surface area contributed by atoms with Crippen molar-refractivity contribution >= 4 is 0 Å². The molecule has 0 aliphatic heterocycles. The summed E-state index contributed by atoms with van der Waals surface area (Å²) in [5, 5.41) is 0. The fourth-order valence-corrected chi connectivity index (χ4v) is 1.54. The molecule has 0 saturated heterocycles. The second-order valence-corrected chi connectivity index (χ2v) is 3.05. The zero-order valence-corrected chi connectivity index (χ0v) is 6.53. The van der Waals surface area contributed by atoms with Crippen molar-refractivity contribution in [3.8, 4) is 0 Å². The molecule has 0 N–H and O–H groups in total. The number of allylic oxidation sites excluding steroid dienone is 8. The third kappa shape index (κ3) is 1.51. The summed E-state index contributed by atoms with van der Waals surface area (Å²) in [6.45, 7) is 0. The van der Waals surface area contributed by atoms with Crippen LogP contribution in [-0.2, 0) is 0 Å². The van der Waals surface area contributed by atoms with Crippen LogP contribution in [0.25, 0.3) is 0 Å². The fraction of sp³-hybridized carbons (Fsp3) is 0.273. The second kappa shape index (κ2) is 2.91. The van der Waals surface area contributed by atoms with Crippen LogP contribution in [0, 0.1) is 5.92 Å². The van der Waals surface area contributed by atoms with Crippen LogP contribution in [0.4, 0.5) is 0 Å². The molecule has 0 aromatic carbocycles. The molecule has 0 fully saturated rings. The number of hydrogen-bond donors (Lipinski definition) is 0. The van der Waals surface area contributed by atoms with Gasteiger partial charge in [0.2, 0.25) is 0 Å². The molecule has 0 heterocycles. The van der Waals surface area contributed by atoms with E-state index in [2.05, 4.69) is 42.5 Å². The van der Waals surface area contributed by atoms with E-state index in [1.165, 1.54) is 12.0 Å². The molecule has 0 aromatic heterocycles. The minimum atomic E-state index is 0.656. The van der Waals surface area contributed by atoms with Crippen molar-refractivity contribution in [1.82, 2.24) is 0 Å². The van der Waals surface area contributed by atoms with Crippen LogP contribution in [0.2, 0.25) is 0 Å². The van der Waals surface area contributed by atoms with Gasteiger partial charge in [-0.1, -0.05) is 48.1 Å². The molecule has 0 spiro atoms. The predicted molar refractivity (Wildman–Crippen MR) is 48.2 cm³/mol. The Morgan fingerprint density at radius 1 is 1.27 bits per heavy atom. The molecule has 0 atom stereocenters. The van der Waals surface area contributed by atoms with Crippen molar-refractivity contribution in [2.45, 2.75) is 12.8 Å². The van der Waals surface area contributed by atoms with Crippen LogP contribution in [0.3, 0.4) is 0 Å². The third-order valence-corrected chi connectivity index (χ3v) is 2.15. The van der Waals surface area contributed by atoms with Gasteiger partial charge >= 0.3 is 0 Å². The van der Waals surface area contributed by atoms with Gasteiger partial charge in [-0.05, 0) is 18.8 Å². The summed E-state index contributed by atoms with van der Waals surface area (Å²) < 4.78 is 0. The molecule has 0 nitrogen and oxygen atoms in total. The Hall–Kier alpha value is -1.04. The van der Waals surface area contributed by atoms with Crippen LogP contribution in [0.5, 0.6) is 0 Å². The Morgan fingerprint density at radius 3 is 2.73 bits per heavy atom. The maximum absolute atomic E-state index is 2.31. The number of hydrogen-bond acceptors (Lipinski definition) is 0. The first-order valence-corrected chi connectivity index (χ1v) is 4.16. The summed E-state index contributed by atoms with van der Waals surface area (Å²) in [6, 6.07) is 0. The lowest BCUT2D eigenvalue weighted by atomic mass is 10.0. The first kappa shape index (κ1) is 6.66. The molecule has 0 heteroatoms. The first-order valence-electron chi connectivity index (χ1n) is 4.16. The summed E-state index contributed by atoms with van der Waals surface area (Å²) in [4.78, 5) is 0. The molecule has 0 bridgehead atoms. The molecular formula is C11H12. The minimum absolute atomic E-state index is 0.656. The zero-order valence-electron chi connectivity index (χ0n) is 6.53. The molecule has 2 aliphatic rings. The summed E-state index contributed by atoms with van der Waals surface area (Å²) in [7, 11) is 0. The predicted octanol–water partition coefficient (Wildman–Crippen LogP) is 3.01. The highest BCUT2D eigenvalue weighted by Gasteiger charge is 2.06. The Labute approximate surface area is 67.6 Å². The highest BCUT2D eigenvalue weighted by Crippen LogP contribution is 2.22. The topological polar surface area (TPSA) is 0 Å². The highest BCUT2D eigenvalue weighted by molar-refractivity contribution is 5.29. The van der Waals surface area contributed by atoms with Crippen molar-refractivity contribution in [2.24, 2.45) is 5.92 Å². The van der Waals surface area contributed by atoms with Crippen LogP contribution in [0.15, 0.2) is 48.1 Å². The van der Waals surface area contributed by atoms with Crippen LogP contribution < -0.4 is 0 Å². The normalized spacial score (nSPS) is 21.6. The zero-order chi connectivity index (χ0) is 7.52. The van der Waals surface area contributed by atoms with E-state index >= 15 is 0 Å². The molecule has 0 saturated carbocycles. The van der Waals surface area contributed by atoms with Crippen molar-refractivity contribution in [1.29, 1.82) is 0 Å². The quantitative estimate of drug-likeness (QED) is 0.559. The fourth-order valence-electron chi connectivity index (χ4n) is 1.54. The van der Waals surface area contributed by atoms with Gasteiger partial charge in [0.05, 0.1) is 0 Å². The maximum Gasteiger partial charge on any atom is -0.000695 e. The Morgan fingerprint density at radius 2 is 2.09 bits per heavy atom. The molecule has 56 valence electrons. The third-order valence-electron chi connectivity index (χ3n) is 2.15. The standard InChI is InChI=1S/C11H12/c1-2-6-10(5-1)9-11-7-3-4-8-11/h1-3,5-8,10H,4,9H2. The van der Waals surface area contributed by atoms with E-state index in [4.69, 9.17) is 0 Å². The lowest BCUT2D eigenvalue weighted by Crippen LogP contribution is -1.89. The molecule has 0 aromatic rings. The van der Waals surface area contributed by atoms with Gasteiger partial charge in [0.1, 0.15) is 0 Å². The van der Waals surface area contributed by atoms with Gasteiger partial charge in [-0.15, -0.1) is 0 Å². The van der Waals surface area contributed by atoms with Crippen molar-refractivity contribution in [3.63, 3.8) is 0 Å². The summed E-state index contributed by atoms with van der Waals surface area (Å²) >= 11 is 0. The minimum Gasteiger partial charge on any atom is -0.0805 e. The van der Waals surface area contributed by atoms with E-state index in [9.17, 15) is 0 Å². The van der Waals surface area contributed by atoms with E-state index in [1.54, 1.807) is 0 Å². The van der Waals surface area contributed by atoms with E-state index in [0.717, 1.165) is 6.42 Å². The smallest absolute Gasteiger partial charge is 0.000695 e. The molecule has 0 amide bonds. The summed E-state index contributed by atoms with van der Waals surface area (Å²) in [5.74, 6) is 0.656. The van der Waals surface area contributed by atoms with Gasteiger partial charge in [-0.2, -0.15) is 0 Å². The van der Waals surface area contributed by atoms with Gasteiger partial charge in [0.15, 0.2) is 0 Å². The highest BCUT2D eigenvalue weighted by atomic mass is 14.1. The van der Waals surface area contributed by atoms with Crippen LogP contribution in [0.1, 0.15) is 12.8 Å². The molecule has 2 rings (SSSR count). The Balaban J connectivity index is 1.95. The van der Waals surface area contributed by atoms with E-state index in [1.807, 2.05) is 0 Å². The van der Waals surface area contributed by atoms with E-state index in [-0.39, 0.29) is 0 Å². The SMILES string of the molecule is C1=CC(CC2=CCC=C2)C=C1. The van der Waals surface area contributed by atoms with Gasteiger partial charge in [0, 0.05) is 0 Å². The number of rotatable bonds is 2. The second-order valence-electron chi connectivity index (χ2n) is 3.05. The largest absolute Gasteiger partial charge is 0.0805 e. The Bertz CT molecular complexity index is 239.